The Labute approximate surface area is 136 Å². The molecule has 1 aromatic carbocycles. The summed E-state index contributed by atoms with van der Waals surface area (Å²) in [6.45, 7) is 9.61. The van der Waals surface area contributed by atoms with Gasteiger partial charge in [0.25, 0.3) is 0 Å². The lowest BCUT2D eigenvalue weighted by Crippen LogP contribution is -2.25. The minimum absolute atomic E-state index is 0.201. The molecule has 1 aromatic heterocycles. The predicted octanol–water partition coefficient (Wildman–Crippen LogP) is 4.44. The molecule has 23 heavy (non-hydrogen) atoms. The molecule has 0 fully saturated rings. The van der Waals surface area contributed by atoms with Gasteiger partial charge in [0.1, 0.15) is 11.3 Å². The molecule has 1 N–H and O–H groups in total. The Morgan fingerprint density at radius 2 is 1.96 bits per heavy atom. The quantitative estimate of drug-likeness (QED) is 0.779. The molecule has 0 amide bonds. The van der Waals surface area contributed by atoms with Crippen molar-refractivity contribution in [3.8, 4) is 0 Å². The largest absolute Gasteiger partial charge is 0.382 e. The van der Waals surface area contributed by atoms with Gasteiger partial charge in [-0.1, -0.05) is 13.8 Å². The van der Waals surface area contributed by atoms with Crippen molar-refractivity contribution in [2.24, 2.45) is 0 Å². The van der Waals surface area contributed by atoms with Crippen LogP contribution in [0.1, 0.15) is 33.6 Å². The molecule has 126 valence electrons. The maximum atomic E-state index is 13.8. The monoisotopic (exact) mass is 321 g/mol. The Kier molecular flexibility index (Phi) is 6.28. The predicted molar refractivity (Wildman–Crippen MR) is 91.8 cm³/mol. The smallest absolute Gasteiger partial charge is 0.152 e. The molecule has 0 radical (unpaired) electrons. The van der Waals surface area contributed by atoms with Crippen molar-refractivity contribution < 1.29 is 8.78 Å². The molecule has 0 aliphatic carbocycles. The van der Waals surface area contributed by atoms with Gasteiger partial charge in [-0.15, -0.1) is 0 Å². The molecular formula is C18H25F2N3. The van der Waals surface area contributed by atoms with Crippen LogP contribution in [-0.4, -0.2) is 35.6 Å². The number of nitrogens with zero attached hydrogens (tertiary/aromatic N) is 2. The van der Waals surface area contributed by atoms with E-state index in [2.05, 4.69) is 36.0 Å². The van der Waals surface area contributed by atoms with E-state index < -0.39 is 11.6 Å². The molecule has 1 unspecified atom stereocenters. The van der Waals surface area contributed by atoms with Gasteiger partial charge in [-0.3, -0.25) is 4.98 Å². The summed E-state index contributed by atoms with van der Waals surface area (Å²) < 4.78 is 27.3. The maximum Gasteiger partial charge on any atom is 0.152 e. The number of rotatable bonds is 8. The van der Waals surface area contributed by atoms with Crippen LogP contribution in [0.15, 0.2) is 24.4 Å². The summed E-state index contributed by atoms with van der Waals surface area (Å²) in [5, 5.41) is 3.84. The van der Waals surface area contributed by atoms with Crippen molar-refractivity contribution in [2.75, 3.05) is 25.0 Å². The molecule has 0 aliphatic rings. The van der Waals surface area contributed by atoms with E-state index in [4.69, 9.17) is 0 Å². The van der Waals surface area contributed by atoms with Crippen molar-refractivity contribution in [3.63, 3.8) is 0 Å². The summed E-state index contributed by atoms with van der Waals surface area (Å²) in [6, 6.07) is 4.19. The molecule has 0 saturated heterocycles. The highest BCUT2D eigenvalue weighted by Gasteiger charge is 2.11. The van der Waals surface area contributed by atoms with Crippen LogP contribution in [0, 0.1) is 11.6 Å². The number of halogens is 2. The highest BCUT2D eigenvalue weighted by molar-refractivity contribution is 5.91. The summed E-state index contributed by atoms with van der Waals surface area (Å²) in [5.74, 6) is -1.21. The van der Waals surface area contributed by atoms with Gasteiger partial charge in [0.15, 0.2) is 5.82 Å². The van der Waals surface area contributed by atoms with Crippen LogP contribution in [0.2, 0.25) is 0 Å². The third kappa shape index (κ3) is 4.61. The van der Waals surface area contributed by atoms with E-state index in [1.807, 2.05) is 0 Å². The zero-order chi connectivity index (χ0) is 16.8. The fraction of sp³-hybridized carbons (Fsp3) is 0.500. The molecule has 0 aliphatic heterocycles. The lowest BCUT2D eigenvalue weighted by atomic mass is 10.1. The average molecular weight is 321 g/mol. The Balaban J connectivity index is 2.04. The highest BCUT2D eigenvalue weighted by Crippen LogP contribution is 2.25. The summed E-state index contributed by atoms with van der Waals surface area (Å²) in [6.07, 6.45) is 3.63. The van der Waals surface area contributed by atoms with E-state index in [0.29, 0.717) is 5.39 Å². The number of nitrogens with one attached hydrogen (secondary N) is 1. The molecule has 3 nitrogen and oxygen atoms in total. The minimum Gasteiger partial charge on any atom is -0.382 e. The number of benzene rings is 1. The Hall–Kier alpha value is -1.75. The van der Waals surface area contributed by atoms with Gasteiger partial charge in [-0.25, -0.2) is 8.78 Å². The number of fused-ring (bicyclic) bond motifs is 1. The number of anilines is 1. The van der Waals surface area contributed by atoms with E-state index in [1.165, 1.54) is 6.07 Å². The van der Waals surface area contributed by atoms with E-state index in [1.54, 1.807) is 12.3 Å². The van der Waals surface area contributed by atoms with Crippen LogP contribution >= 0.6 is 0 Å². The summed E-state index contributed by atoms with van der Waals surface area (Å²) >= 11 is 0. The molecule has 0 bridgehead atoms. The first kappa shape index (κ1) is 17.6. The van der Waals surface area contributed by atoms with E-state index in [9.17, 15) is 8.78 Å². The van der Waals surface area contributed by atoms with Crippen molar-refractivity contribution in [3.05, 3.63) is 36.0 Å². The van der Waals surface area contributed by atoms with Crippen LogP contribution in [0.3, 0.4) is 0 Å². The van der Waals surface area contributed by atoms with Crippen molar-refractivity contribution >= 4 is 16.6 Å². The third-order valence-corrected chi connectivity index (χ3v) is 4.17. The molecule has 2 rings (SSSR count). The first-order valence-corrected chi connectivity index (χ1v) is 8.27. The zero-order valence-electron chi connectivity index (χ0n) is 14.1. The van der Waals surface area contributed by atoms with E-state index in [-0.39, 0.29) is 11.6 Å². The molecule has 1 atom stereocenters. The van der Waals surface area contributed by atoms with Crippen LogP contribution in [-0.2, 0) is 0 Å². The second-order valence-corrected chi connectivity index (χ2v) is 5.86. The topological polar surface area (TPSA) is 28.2 Å². The van der Waals surface area contributed by atoms with E-state index in [0.717, 1.165) is 44.2 Å². The number of aromatic nitrogens is 1. The van der Waals surface area contributed by atoms with Crippen LogP contribution in [0.25, 0.3) is 10.9 Å². The Bertz CT molecular complexity index is 641. The van der Waals surface area contributed by atoms with Gasteiger partial charge in [0.2, 0.25) is 0 Å². The molecule has 5 heteroatoms. The molecule has 0 spiro atoms. The first-order chi connectivity index (χ1) is 11.0. The summed E-state index contributed by atoms with van der Waals surface area (Å²) in [4.78, 5) is 6.40. The summed E-state index contributed by atoms with van der Waals surface area (Å²) in [7, 11) is 0. The van der Waals surface area contributed by atoms with Gasteiger partial charge < -0.3 is 10.2 Å². The van der Waals surface area contributed by atoms with Gasteiger partial charge in [0.05, 0.1) is 0 Å². The van der Waals surface area contributed by atoms with Gasteiger partial charge >= 0.3 is 0 Å². The van der Waals surface area contributed by atoms with Gasteiger partial charge in [0, 0.05) is 29.4 Å². The fourth-order valence-corrected chi connectivity index (χ4v) is 2.80. The second kappa shape index (κ2) is 8.20. The van der Waals surface area contributed by atoms with Crippen LogP contribution < -0.4 is 5.32 Å². The highest BCUT2D eigenvalue weighted by atomic mass is 19.1. The van der Waals surface area contributed by atoms with Crippen molar-refractivity contribution in [1.82, 2.24) is 9.88 Å². The van der Waals surface area contributed by atoms with Crippen molar-refractivity contribution in [2.45, 2.75) is 39.7 Å². The molecule has 2 aromatic rings. The van der Waals surface area contributed by atoms with Crippen LogP contribution in [0.4, 0.5) is 14.5 Å². The lowest BCUT2D eigenvalue weighted by molar-refractivity contribution is 0.295. The van der Waals surface area contributed by atoms with Crippen molar-refractivity contribution in [1.29, 1.82) is 0 Å². The molecule has 0 saturated carbocycles. The number of hydrogen-bond donors (Lipinski definition) is 1. The fourth-order valence-electron chi connectivity index (χ4n) is 2.80. The maximum absolute atomic E-state index is 13.8. The zero-order valence-corrected chi connectivity index (χ0v) is 14.1. The Morgan fingerprint density at radius 3 is 2.65 bits per heavy atom. The summed E-state index contributed by atoms with van der Waals surface area (Å²) in [5.41, 5.74) is 0.926. The second-order valence-electron chi connectivity index (χ2n) is 5.86. The Morgan fingerprint density at radius 1 is 1.22 bits per heavy atom. The third-order valence-electron chi connectivity index (χ3n) is 4.17. The van der Waals surface area contributed by atoms with E-state index >= 15 is 0 Å². The average Bonchev–Trinajstić information content (AvgIpc) is 2.52. The number of pyridine rings is 1. The molecular weight excluding hydrogens is 296 g/mol. The number of hydrogen-bond acceptors (Lipinski definition) is 3. The SMILES string of the molecule is CCN(CC)CCCC(C)Nc1ccnc2c(F)cc(F)cc12. The molecule has 1 heterocycles. The lowest BCUT2D eigenvalue weighted by Gasteiger charge is -2.20. The normalized spacial score (nSPS) is 12.8. The first-order valence-electron chi connectivity index (χ1n) is 8.27. The van der Waals surface area contributed by atoms with Crippen LogP contribution in [0.5, 0.6) is 0 Å². The standard InChI is InChI=1S/C18H25F2N3/c1-4-23(5-2)10-6-7-13(3)22-17-8-9-21-18-15(17)11-14(19)12-16(18)20/h8-9,11-13H,4-7,10H2,1-3H3,(H,21,22). The van der Waals surface area contributed by atoms with Gasteiger partial charge in [-0.05, 0) is 51.5 Å². The minimum atomic E-state index is -0.627. The van der Waals surface area contributed by atoms with Gasteiger partial charge in [-0.2, -0.15) is 0 Å².